The molecule has 0 aromatic carbocycles. The fourth-order valence-electron chi connectivity index (χ4n) is 3.95. The highest BCUT2D eigenvalue weighted by molar-refractivity contribution is 9.09. The van der Waals surface area contributed by atoms with Crippen molar-refractivity contribution in [3.05, 3.63) is 49.1 Å². The van der Waals surface area contributed by atoms with Gasteiger partial charge in [0.1, 0.15) is 13.1 Å². The van der Waals surface area contributed by atoms with Crippen LogP contribution in [0, 0.1) is 0 Å². The van der Waals surface area contributed by atoms with Gasteiger partial charge in [-0.15, -0.1) is 0 Å². The summed E-state index contributed by atoms with van der Waals surface area (Å²) in [5, 5.41) is 1.16. The van der Waals surface area contributed by atoms with E-state index < -0.39 is 0 Å². The van der Waals surface area contributed by atoms with Crippen LogP contribution in [0.1, 0.15) is 90.4 Å². The Morgan fingerprint density at radius 1 is 0.533 bits per heavy atom. The van der Waals surface area contributed by atoms with Gasteiger partial charge in [-0.25, -0.2) is 9.13 Å². The van der Waals surface area contributed by atoms with Gasteiger partial charge < -0.3 is 0 Å². The zero-order valence-electron chi connectivity index (χ0n) is 19.2. The highest BCUT2D eigenvalue weighted by Crippen LogP contribution is 2.16. The lowest BCUT2D eigenvalue weighted by Crippen LogP contribution is -2.33. The predicted molar refractivity (Wildman–Crippen MR) is 132 cm³/mol. The molecule has 0 aliphatic carbocycles. The largest absolute Gasteiger partial charge is 0.205 e. The SMILES string of the molecule is CCCCCCC[n+]1ccc(-c2cc[n+](CCCCCCCCCCBr)cc2)cc1. The minimum absolute atomic E-state index is 1.13. The minimum Gasteiger partial charge on any atom is -0.205 e. The summed E-state index contributed by atoms with van der Waals surface area (Å²) in [4.78, 5) is 0. The molecular formula is C27H43BrN2+2. The normalized spacial score (nSPS) is 11.1. The Kier molecular flexibility index (Phi) is 13.7. The van der Waals surface area contributed by atoms with Crippen LogP contribution < -0.4 is 9.13 Å². The van der Waals surface area contributed by atoms with E-state index in [0.717, 1.165) is 18.4 Å². The predicted octanol–water partition coefficient (Wildman–Crippen LogP) is 7.41. The van der Waals surface area contributed by atoms with Crippen LogP contribution in [0.15, 0.2) is 49.1 Å². The molecule has 0 fully saturated rings. The van der Waals surface area contributed by atoms with Gasteiger partial charge in [-0.1, -0.05) is 74.2 Å². The lowest BCUT2D eigenvalue weighted by atomic mass is 10.1. The van der Waals surface area contributed by atoms with Gasteiger partial charge >= 0.3 is 0 Å². The quantitative estimate of drug-likeness (QED) is 0.128. The molecule has 2 aromatic rings. The first-order valence-electron chi connectivity index (χ1n) is 12.4. The van der Waals surface area contributed by atoms with Crippen LogP contribution in [-0.4, -0.2) is 5.33 Å². The number of pyridine rings is 2. The van der Waals surface area contributed by atoms with Gasteiger partial charge in [-0.05, 0) is 30.4 Å². The molecule has 2 nitrogen and oxygen atoms in total. The van der Waals surface area contributed by atoms with E-state index in [1.54, 1.807) is 0 Å². The van der Waals surface area contributed by atoms with Crippen molar-refractivity contribution < 1.29 is 9.13 Å². The fourth-order valence-corrected chi connectivity index (χ4v) is 4.34. The number of hydrogen-bond donors (Lipinski definition) is 0. The van der Waals surface area contributed by atoms with Crippen molar-refractivity contribution in [1.82, 2.24) is 0 Å². The highest BCUT2D eigenvalue weighted by atomic mass is 79.9. The van der Waals surface area contributed by atoms with E-state index in [1.165, 1.54) is 94.6 Å². The molecule has 3 heteroatoms. The Hall–Kier alpha value is -1.22. The Bertz CT molecular complexity index is 652. The van der Waals surface area contributed by atoms with Gasteiger partial charge in [0, 0.05) is 42.4 Å². The van der Waals surface area contributed by atoms with Gasteiger partial charge in [0.2, 0.25) is 0 Å². The summed E-state index contributed by atoms with van der Waals surface area (Å²) in [6, 6.07) is 9.02. The number of alkyl halides is 1. The van der Waals surface area contributed by atoms with Crippen molar-refractivity contribution in [2.75, 3.05) is 5.33 Å². The molecule has 0 spiro atoms. The third-order valence-corrected chi connectivity index (χ3v) is 6.50. The number of nitrogens with zero attached hydrogens (tertiary/aromatic N) is 2. The van der Waals surface area contributed by atoms with E-state index >= 15 is 0 Å². The molecule has 0 bridgehead atoms. The van der Waals surface area contributed by atoms with Crippen molar-refractivity contribution in [1.29, 1.82) is 0 Å². The van der Waals surface area contributed by atoms with Gasteiger partial charge in [0.25, 0.3) is 0 Å². The lowest BCUT2D eigenvalue weighted by Gasteiger charge is -2.03. The first-order chi connectivity index (χ1) is 14.8. The third kappa shape index (κ3) is 10.7. The maximum atomic E-state index is 3.51. The monoisotopic (exact) mass is 474 g/mol. The standard InChI is InChI=1S/C27H43BrN2/c1-2-3-4-10-13-20-29-22-15-26(16-23-29)27-17-24-30(25-18-27)21-14-11-8-6-5-7-9-12-19-28/h15-18,22-25H,2-14,19-21H2,1H3/q+2. The molecule has 0 amide bonds. The van der Waals surface area contributed by atoms with Crippen LogP contribution in [0.2, 0.25) is 0 Å². The highest BCUT2D eigenvalue weighted by Gasteiger charge is 2.06. The van der Waals surface area contributed by atoms with Crippen molar-refractivity contribution in [3.8, 4) is 11.1 Å². The average Bonchev–Trinajstić information content (AvgIpc) is 2.79. The molecule has 166 valence electrons. The summed E-state index contributed by atoms with van der Waals surface area (Å²) in [5.41, 5.74) is 2.62. The molecule has 0 radical (unpaired) electrons. The van der Waals surface area contributed by atoms with Gasteiger partial charge in [0.05, 0.1) is 0 Å². The number of aromatic nitrogens is 2. The third-order valence-electron chi connectivity index (χ3n) is 5.94. The molecule has 2 aromatic heterocycles. The number of halogens is 1. The summed E-state index contributed by atoms with van der Waals surface area (Å²) in [6.45, 7) is 4.54. The number of rotatable bonds is 17. The van der Waals surface area contributed by atoms with E-state index in [1.807, 2.05) is 0 Å². The molecule has 0 unspecified atom stereocenters. The Morgan fingerprint density at radius 2 is 0.900 bits per heavy atom. The maximum absolute atomic E-state index is 3.51. The van der Waals surface area contributed by atoms with E-state index in [0.29, 0.717) is 0 Å². The smallest absolute Gasteiger partial charge is 0.169 e. The first-order valence-corrected chi connectivity index (χ1v) is 13.5. The van der Waals surface area contributed by atoms with Crippen LogP contribution in [0.25, 0.3) is 11.1 Å². The van der Waals surface area contributed by atoms with Gasteiger partial charge in [0.15, 0.2) is 24.8 Å². The Balaban J connectivity index is 1.64. The van der Waals surface area contributed by atoms with Crippen molar-refractivity contribution in [2.24, 2.45) is 0 Å². The summed E-state index contributed by atoms with van der Waals surface area (Å²) < 4.78 is 4.65. The van der Waals surface area contributed by atoms with Crippen LogP contribution >= 0.6 is 15.9 Å². The summed E-state index contributed by atoms with van der Waals surface area (Å²) >= 11 is 3.51. The van der Waals surface area contributed by atoms with Gasteiger partial charge in [-0.2, -0.15) is 0 Å². The second kappa shape index (κ2) is 16.5. The van der Waals surface area contributed by atoms with Crippen LogP contribution in [0.3, 0.4) is 0 Å². The number of hydrogen-bond acceptors (Lipinski definition) is 0. The minimum atomic E-state index is 1.13. The molecule has 2 heterocycles. The molecule has 0 N–H and O–H groups in total. The lowest BCUT2D eigenvalue weighted by molar-refractivity contribution is -0.697. The number of aryl methyl sites for hydroxylation is 2. The van der Waals surface area contributed by atoms with Crippen LogP contribution in [0.4, 0.5) is 0 Å². The average molecular weight is 476 g/mol. The van der Waals surface area contributed by atoms with E-state index in [-0.39, 0.29) is 0 Å². The van der Waals surface area contributed by atoms with E-state index in [2.05, 4.69) is 81.0 Å². The molecule has 0 saturated carbocycles. The van der Waals surface area contributed by atoms with E-state index in [4.69, 9.17) is 0 Å². The molecule has 30 heavy (non-hydrogen) atoms. The molecule has 0 aliphatic heterocycles. The topological polar surface area (TPSA) is 7.76 Å². The van der Waals surface area contributed by atoms with Crippen molar-refractivity contribution in [2.45, 2.75) is 103 Å². The Labute approximate surface area is 193 Å². The second-order valence-electron chi connectivity index (χ2n) is 8.58. The molecule has 0 atom stereocenters. The molecular weight excluding hydrogens is 432 g/mol. The number of unbranched alkanes of at least 4 members (excludes halogenated alkanes) is 11. The maximum Gasteiger partial charge on any atom is 0.169 e. The van der Waals surface area contributed by atoms with Crippen LogP contribution in [-0.2, 0) is 13.1 Å². The summed E-state index contributed by atoms with van der Waals surface area (Å²) in [5.74, 6) is 0. The summed E-state index contributed by atoms with van der Waals surface area (Å²) in [6.07, 6.45) is 26.6. The molecule has 0 aliphatic rings. The molecule has 2 rings (SSSR count). The fraction of sp³-hybridized carbons (Fsp3) is 0.630. The first kappa shape index (κ1) is 25.0. The zero-order valence-corrected chi connectivity index (χ0v) is 20.8. The second-order valence-corrected chi connectivity index (χ2v) is 9.37. The summed E-state index contributed by atoms with van der Waals surface area (Å²) in [7, 11) is 0. The van der Waals surface area contributed by atoms with Crippen molar-refractivity contribution in [3.63, 3.8) is 0 Å². The zero-order chi connectivity index (χ0) is 21.3. The van der Waals surface area contributed by atoms with E-state index in [9.17, 15) is 0 Å². The molecule has 0 saturated heterocycles. The van der Waals surface area contributed by atoms with Gasteiger partial charge in [-0.3, -0.25) is 0 Å². The van der Waals surface area contributed by atoms with Crippen LogP contribution in [0.5, 0.6) is 0 Å². The Morgan fingerprint density at radius 3 is 1.30 bits per heavy atom. The van der Waals surface area contributed by atoms with Crippen molar-refractivity contribution >= 4 is 15.9 Å².